The number of ether oxygens (including phenoxy) is 1. The Bertz CT molecular complexity index is 868. The zero-order chi connectivity index (χ0) is 17.8. The number of benzene rings is 2. The van der Waals surface area contributed by atoms with Gasteiger partial charge in [0.25, 0.3) is 5.91 Å². The molecule has 1 amide bonds. The van der Waals surface area contributed by atoms with E-state index < -0.39 is 0 Å². The minimum absolute atomic E-state index is 0.0972. The predicted octanol–water partition coefficient (Wildman–Crippen LogP) is 4.74. The molecule has 2 aromatic carbocycles. The van der Waals surface area contributed by atoms with Crippen LogP contribution in [-0.2, 0) is 4.79 Å². The highest BCUT2D eigenvalue weighted by Crippen LogP contribution is 2.24. The van der Waals surface area contributed by atoms with Crippen LogP contribution in [0, 0.1) is 13.8 Å². The Morgan fingerprint density at radius 3 is 2.52 bits per heavy atom. The molecule has 128 valence electrons. The van der Waals surface area contributed by atoms with E-state index in [-0.39, 0.29) is 18.4 Å². The molecule has 0 unspecified atom stereocenters. The van der Waals surface area contributed by atoms with Crippen LogP contribution in [0.25, 0.3) is 11.3 Å². The second-order valence-corrected chi connectivity index (χ2v) is 6.56. The lowest BCUT2D eigenvalue weighted by Crippen LogP contribution is -2.20. The van der Waals surface area contributed by atoms with Crippen molar-refractivity contribution in [2.24, 2.45) is 0 Å². The Hall–Kier alpha value is -2.60. The molecule has 0 radical (unpaired) electrons. The molecule has 1 N–H and O–H groups in total. The van der Waals surface area contributed by atoms with E-state index in [4.69, 9.17) is 9.26 Å². The van der Waals surface area contributed by atoms with Crippen LogP contribution in [0.1, 0.15) is 11.1 Å². The van der Waals surface area contributed by atoms with Gasteiger partial charge in [-0.15, -0.1) is 0 Å². The van der Waals surface area contributed by atoms with Crippen LogP contribution in [0.4, 0.5) is 5.88 Å². The minimum Gasteiger partial charge on any atom is -0.483 e. The van der Waals surface area contributed by atoms with Crippen LogP contribution < -0.4 is 10.1 Å². The molecule has 1 aromatic heterocycles. The molecule has 0 saturated heterocycles. The molecule has 25 heavy (non-hydrogen) atoms. The summed E-state index contributed by atoms with van der Waals surface area (Å²) in [4.78, 5) is 12.1. The molecular weight excluding hydrogens is 384 g/mol. The number of rotatable bonds is 5. The first kappa shape index (κ1) is 17.2. The molecule has 0 aliphatic heterocycles. The largest absolute Gasteiger partial charge is 0.483 e. The number of anilines is 1. The van der Waals surface area contributed by atoms with E-state index in [1.165, 1.54) is 0 Å². The third-order valence-corrected chi connectivity index (χ3v) is 4.20. The molecule has 1 heterocycles. The molecule has 5 nitrogen and oxygen atoms in total. The average Bonchev–Trinajstić information content (AvgIpc) is 3.03. The number of para-hydroxylation sites is 1. The molecule has 6 heteroatoms. The fourth-order valence-corrected chi connectivity index (χ4v) is 2.69. The van der Waals surface area contributed by atoms with E-state index in [1.54, 1.807) is 6.07 Å². The van der Waals surface area contributed by atoms with Gasteiger partial charge in [0.2, 0.25) is 5.88 Å². The van der Waals surface area contributed by atoms with Crippen molar-refractivity contribution in [1.82, 2.24) is 5.16 Å². The third-order valence-electron chi connectivity index (χ3n) is 3.67. The van der Waals surface area contributed by atoms with Crippen LogP contribution in [0.3, 0.4) is 0 Å². The van der Waals surface area contributed by atoms with Gasteiger partial charge in [-0.1, -0.05) is 51.4 Å². The van der Waals surface area contributed by atoms with E-state index in [0.29, 0.717) is 5.69 Å². The van der Waals surface area contributed by atoms with Crippen LogP contribution in [0.2, 0.25) is 0 Å². The number of amides is 1. The van der Waals surface area contributed by atoms with Crippen LogP contribution >= 0.6 is 15.9 Å². The predicted molar refractivity (Wildman–Crippen MR) is 99.7 cm³/mol. The summed E-state index contributed by atoms with van der Waals surface area (Å²) in [6, 6.07) is 15.2. The van der Waals surface area contributed by atoms with Gasteiger partial charge in [-0.2, -0.15) is 0 Å². The SMILES string of the molecule is Cc1cccc(C)c1OCC(=O)Nc1cc(-c2ccc(Br)cc2)no1. The lowest BCUT2D eigenvalue weighted by Gasteiger charge is -2.11. The summed E-state index contributed by atoms with van der Waals surface area (Å²) in [6.07, 6.45) is 0. The van der Waals surface area contributed by atoms with Crippen molar-refractivity contribution >= 4 is 27.7 Å². The summed E-state index contributed by atoms with van der Waals surface area (Å²) in [7, 11) is 0. The normalized spacial score (nSPS) is 10.5. The minimum atomic E-state index is -0.304. The first-order valence-electron chi connectivity index (χ1n) is 7.74. The summed E-state index contributed by atoms with van der Waals surface area (Å²) in [5, 5.41) is 6.62. The van der Waals surface area contributed by atoms with Crippen molar-refractivity contribution in [3.8, 4) is 17.0 Å². The molecule has 0 saturated carbocycles. The number of carbonyl (C=O) groups is 1. The van der Waals surface area contributed by atoms with E-state index in [9.17, 15) is 4.79 Å². The first-order valence-corrected chi connectivity index (χ1v) is 8.54. The van der Waals surface area contributed by atoms with E-state index in [1.807, 2.05) is 56.3 Å². The molecule has 0 atom stereocenters. The van der Waals surface area contributed by atoms with Crippen LogP contribution in [0.15, 0.2) is 57.5 Å². The Morgan fingerprint density at radius 1 is 1.16 bits per heavy atom. The lowest BCUT2D eigenvalue weighted by molar-refractivity contribution is -0.118. The Balaban J connectivity index is 1.61. The van der Waals surface area contributed by atoms with Crippen LogP contribution in [0.5, 0.6) is 5.75 Å². The lowest BCUT2D eigenvalue weighted by atomic mass is 10.1. The Kier molecular flexibility index (Phi) is 5.19. The van der Waals surface area contributed by atoms with Crippen molar-refractivity contribution < 1.29 is 14.1 Å². The topological polar surface area (TPSA) is 64.4 Å². The van der Waals surface area contributed by atoms with Gasteiger partial charge in [0.15, 0.2) is 6.61 Å². The molecule has 3 rings (SSSR count). The molecule has 0 spiro atoms. The number of halogens is 1. The first-order chi connectivity index (χ1) is 12.0. The fourth-order valence-electron chi connectivity index (χ4n) is 2.43. The number of aryl methyl sites for hydroxylation is 2. The summed E-state index contributed by atoms with van der Waals surface area (Å²) in [5.41, 5.74) is 3.53. The van der Waals surface area contributed by atoms with Crippen molar-refractivity contribution in [3.05, 3.63) is 64.1 Å². The molecule has 0 aliphatic carbocycles. The number of hydrogen-bond acceptors (Lipinski definition) is 4. The molecule has 3 aromatic rings. The Labute approximate surface area is 154 Å². The van der Waals surface area contributed by atoms with Gasteiger partial charge in [0, 0.05) is 16.1 Å². The Morgan fingerprint density at radius 2 is 1.84 bits per heavy atom. The zero-order valence-electron chi connectivity index (χ0n) is 13.9. The highest BCUT2D eigenvalue weighted by molar-refractivity contribution is 9.10. The van der Waals surface area contributed by atoms with Crippen molar-refractivity contribution in [1.29, 1.82) is 0 Å². The quantitative estimate of drug-likeness (QED) is 0.671. The van der Waals surface area contributed by atoms with Gasteiger partial charge in [-0.25, -0.2) is 0 Å². The summed E-state index contributed by atoms with van der Waals surface area (Å²) in [6.45, 7) is 3.79. The summed E-state index contributed by atoms with van der Waals surface area (Å²) >= 11 is 3.39. The zero-order valence-corrected chi connectivity index (χ0v) is 15.5. The highest BCUT2D eigenvalue weighted by Gasteiger charge is 2.11. The number of carbonyl (C=O) groups excluding carboxylic acids is 1. The number of nitrogens with zero attached hydrogens (tertiary/aromatic N) is 1. The third kappa shape index (κ3) is 4.28. The van der Waals surface area contributed by atoms with Gasteiger partial charge in [-0.3, -0.25) is 10.1 Å². The highest BCUT2D eigenvalue weighted by atomic mass is 79.9. The van der Waals surface area contributed by atoms with E-state index >= 15 is 0 Å². The maximum Gasteiger partial charge on any atom is 0.264 e. The monoisotopic (exact) mass is 400 g/mol. The van der Waals surface area contributed by atoms with E-state index in [0.717, 1.165) is 26.9 Å². The molecule has 0 bridgehead atoms. The summed E-state index contributed by atoms with van der Waals surface area (Å²) < 4.78 is 11.8. The second-order valence-electron chi connectivity index (χ2n) is 5.64. The number of hydrogen-bond donors (Lipinski definition) is 1. The maximum atomic E-state index is 12.1. The van der Waals surface area contributed by atoms with Gasteiger partial charge in [-0.05, 0) is 37.1 Å². The standard InChI is InChI=1S/C19H17BrN2O3/c1-12-4-3-5-13(2)19(12)24-11-17(23)21-18-10-16(22-25-18)14-6-8-15(20)9-7-14/h3-10H,11H2,1-2H3,(H,21,23). The number of aromatic nitrogens is 1. The number of nitrogens with one attached hydrogen (secondary N) is 1. The average molecular weight is 401 g/mol. The summed E-state index contributed by atoms with van der Waals surface area (Å²) in [5.74, 6) is 0.708. The van der Waals surface area contributed by atoms with Gasteiger partial charge in [0.1, 0.15) is 11.4 Å². The van der Waals surface area contributed by atoms with Gasteiger partial charge >= 0.3 is 0 Å². The van der Waals surface area contributed by atoms with Crippen LogP contribution in [-0.4, -0.2) is 17.7 Å². The van der Waals surface area contributed by atoms with Crippen molar-refractivity contribution in [2.75, 3.05) is 11.9 Å². The molecular formula is C19H17BrN2O3. The fraction of sp³-hybridized carbons (Fsp3) is 0.158. The van der Waals surface area contributed by atoms with Crippen molar-refractivity contribution in [2.45, 2.75) is 13.8 Å². The smallest absolute Gasteiger partial charge is 0.264 e. The van der Waals surface area contributed by atoms with Crippen molar-refractivity contribution in [3.63, 3.8) is 0 Å². The van der Waals surface area contributed by atoms with E-state index in [2.05, 4.69) is 26.4 Å². The molecule has 0 aliphatic rings. The van der Waals surface area contributed by atoms with Gasteiger partial charge in [0.05, 0.1) is 0 Å². The maximum absolute atomic E-state index is 12.1. The van der Waals surface area contributed by atoms with Gasteiger partial charge < -0.3 is 9.26 Å². The second kappa shape index (κ2) is 7.53. The molecule has 0 fully saturated rings.